The quantitative estimate of drug-likeness (QED) is 0.745. The first-order valence-electron chi connectivity index (χ1n) is 5.76. The molecule has 0 bridgehead atoms. The van der Waals surface area contributed by atoms with E-state index in [0.717, 1.165) is 18.8 Å². The lowest BCUT2D eigenvalue weighted by molar-refractivity contribution is -0.139. The van der Waals surface area contributed by atoms with E-state index >= 15 is 0 Å². The van der Waals surface area contributed by atoms with Crippen LogP contribution in [0.3, 0.4) is 0 Å². The summed E-state index contributed by atoms with van der Waals surface area (Å²) in [6, 6.07) is -0.919. The topological polar surface area (TPSA) is 107 Å². The second-order valence-corrected chi connectivity index (χ2v) is 6.16. The number of thioether (sulfide) groups is 1. The van der Waals surface area contributed by atoms with E-state index in [-0.39, 0.29) is 0 Å². The molecule has 0 spiro atoms. The van der Waals surface area contributed by atoms with E-state index in [1.165, 1.54) is 11.8 Å². The van der Waals surface area contributed by atoms with Crippen LogP contribution in [0.25, 0.3) is 0 Å². The molecule has 0 saturated carbocycles. The molecule has 102 valence electrons. The van der Waals surface area contributed by atoms with Gasteiger partial charge in [-0.2, -0.15) is 0 Å². The van der Waals surface area contributed by atoms with Gasteiger partial charge in [0.15, 0.2) is 5.82 Å². The summed E-state index contributed by atoms with van der Waals surface area (Å²) in [5.41, 5.74) is 5.65. The van der Waals surface area contributed by atoms with E-state index in [4.69, 9.17) is 10.8 Å². The number of nitrogens with two attached hydrogens (primary N) is 1. The summed E-state index contributed by atoms with van der Waals surface area (Å²) < 4.78 is 1.16. The molecule has 0 aromatic carbocycles. The normalized spacial score (nSPS) is 13.6. The molecule has 0 fully saturated rings. The maximum Gasteiger partial charge on any atom is 0.321 e. The summed E-state index contributed by atoms with van der Waals surface area (Å²) in [4.78, 5) is 10.9. The van der Waals surface area contributed by atoms with Crippen LogP contribution in [0.4, 0.5) is 0 Å². The first-order valence-corrected chi connectivity index (χ1v) is 6.74. The monoisotopic (exact) mass is 273 g/mol. The molecule has 0 saturated heterocycles. The van der Waals surface area contributed by atoms with Crippen LogP contribution < -0.4 is 5.73 Å². The smallest absolute Gasteiger partial charge is 0.321 e. The van der Waals surface area contributed by atoms with Crippen molar-refractivity contribution in [3.8, 4) is 0 Å². The summed E-state index contributed by atoms with van der Waals surface area (Å²) in [6.07, 6.45) is 0.945. The highest BCUT2D eigenvalue weighted by Crippen LogP contribution is 2.29. The fraction of sp³-hybridized carbons (Fsp3) is 0.800. The number of hydrogen-bond donors (Lipinski definition) is 2. The van der Waals surface area contributed by atoms with Crippen LogP contribution in [0.1, 0.15) is 33.0 Å². The zero-order valence-electron chi connectivity index (χ0n) is 10.8. The van der Waals surface area contributed by atoms with E-state index in [0.29, 0.717) is 5.75 Å². The fourth-order valence-corrected chi connectivity index (χ4v) is 2.34. The Bertz CT molecular complexity index is 407. The van der Waals surface area contributed by atoms with Gasteiger partial charge in [0.05, 0.1) is 5.75 Å². The Morgan fingerprint density at radius 1 is 1.61 bits per heavy atom. The molecule has 18 heavy (non-hydrogen) atoms. The second kappa shape index (κ2) is 6.14. The SMILES string of the molecule is CCCn1nnnc1CSC(C)(C)[C@@H](N)C(=O)O. The van der Waals surface area contributed by atoms with Crippen molar-refractivity contribution in [2.24, 2.45) is 5.73 Å². The highest BCUT2D eigenvalue weighted by atomic mass is 32.2. The number of tetrazole rings is 1. The van der Waals surface area contributed by atoms with Gasteiger partial charge in [0.1, 0.15) is 6.04 Å². The van der Waals surface area contributed by atoms with E-state index in [2.05, 4.69) is 15.5 Å². The predicted molar refractivity (Wildman–Crippen MR) is 69.1 cm³/mol. The van der Waals surface area contributed by atoms with Gasteiger partial charge in [0, 0.05) is 11.3 Å². The van der Waals surface area contributed by atoms with E-state index < -0.39 is 16.8 Å². The number of carboxylic acid groups (broad SMARTS) is 1. The molecule has 0 aliphatic carbocycles. The molecule has 1 heterocycles. The van der Waals surface area contributed by atoms with Crippen LogP contribution >= 0.6 is 11.8 Å². The minimum absolute atomic E-state index is 0.543. The van der Waals surface area contributed by atoms with E-state index in [1.54, 1.807) is 4.68 Å². The zero-order chi connectivity index (χ0) is 13.8. The number of nitrogens with zero attached hydrogens (tertiary/aromatic N) is 4. The summed E-state index contributed by atoms with van der Waals surface area (Å²) >= 11 is 1.44. The Labute approximate surface area is 110 Å². The van der Waals surface area contributed by atoms with Gasteiger partial charge in [-0.1, -0.05) is 6.92 Å². The summed E-state index contributed by atoms with van der Waals surface area (Å²) in [5.74, 6) is 0.286. The van der Waals surface area contributed by atoms with Gasteiger partial charge in [-0.15, -0.1) is 16.9 Å². The predicted octanol–water partition coefficient (Wildman–Crippen LogP) is 0.507. The molecule has 3 N–H and O–H groups in total. The van der Waals surface area contributed by atoms with Crippen LogP contribution in [0.2, 0.25) is 0 Å². The minimum Gasteiger partial charge on any atom is -0.480 e. The number of carboxylic acids is 1. The van der Waals surface area contributed by atoms with Gasteiger partial charge in [-0.3, -0.25) is 4.79 Å². The molecular formula is C10H19N5O2S. The number of rotatable bonds is 7. The van der Waals surface area contributed by atoms with Crippen molar-refractivity contribution in [2.75, 3.05) is 0 Å². The number of carbonyl (C=O) groups is 1. The van der Waals surface area contributed by atoms with Crippen LogP contribution in [0.5, 0.6) is 0 Å². The minimum atomic E-state index is -0.999. The van der Waals surface area contributed by atoms with E-state index in [9.17, 15) is 4.79 Å². The lowest BCUT2D eigenvalue weighted by atomic mass is 10.1. The van der Waals surface area contributed by atoms with Crippen molar-refractivity contribution in [3.63, 3.8) is 0 Å². The molecule has 1 atom stereocenters. The molecule has 0 radical (unpaired) electrons. The standard InChI is InChI=1S/C10H19N5O2S/c1-4-5-15-7(12-13-14-15)6-18-10(2,3)8(11)9(16)17/h8H,4-6,11H2,1-3H3,(H,16,17)/t8-/m0/s1. The van der Waals surface area contributed by atoms with E-state index in [1.807, 2.05) is 20.8 Å². The third kappa shape index (κ3) is 3.67. The largest absolute Gasteiger partial charge is 0.480 e. The van der Waals surface area contributed by atoms with Crippen LogP contribution in [-0.4, -0.2) is 42.1 Å². The van der Waals surface area contributed by atoms with Crippen molar-refractivity contribution in [1.29, 1.82) is 0 Å². The molecule has 7 nitrogen and oxygen atoms in total. The molecule has 1 aromatic heterocycles. The average Bonchev–Trinajstić information content (AvgIpc) is 2.73. The lowest BCUT2D eigenvalue weighted by Gasteiger charge is -2.27. The Morgan fingerprint density at radius 3 is 2.83 bits per heavy atom. The van der Waals surface area contributed by atoms with Crippen molar-refractivity contribution in [3.05, 3.63) is 5.82 Å². The number of hydrogen-bond acceptors (Lipinski definition) is 6. The lowest BCUT2D eigenvalue weighted by Crippen LogP contribution is -2.46. The van der Waals surface area contributed by atoms with Gasteiger partial charge >= 0.3 is 5.97 Å². The third-order valence-electron chi connectivity index (χ3n) is 2.63. The van der Waals surface area contributed by atoms with Crippen molar-refractivity contribution in [1.82, 2.24) is 20.2 Å². The molecule has 0 aliphatic rings. The highest BCUT2D eigenvalue weighted by molar-refractivity contribution is 7.99. The van der Waals surface area contributed by atoms with Crippen molar-refractivity contribution >= 4 is 17.7 Å². The Morgan fingerprint density at radius 2 is 2.28 bits per heavy atom. The summed E-state index contributed by atoms with van der Waals surface area (Å²) in [6.45, 7) is 6.42. The van der Waals surface area contributed by atoms with Crippen LogP contribution in [0.15, 0.2) is 0 Å². The molecule has 0 amide bonds. The molecule has 1 rings (SSSR count). The van der Waals surface area contributed by atoms with Crippen LogP contribution in [-0.2, 0) is 17.1 Å². The summed E-state index contributed by atoms with van der Waals surface area (Å²) in [5, 5.41) is 20.4. The molecule has 1 aromatic rings. The number of aliphatic carboxylic acids is 1. The van der Waals surface area contributed by atoms with Gasteiger partial charge in [-0.25, -0.2) is 4.68 Å². The molecule has 0 unspecified atom stereocenters. The Hall–Kier alpha value is -1.15. The van der Waals surface area contributed by atoms with Gasteiger partial charge in [0.25, 0.3) is 0 Å². The molecule has 8 heteroatoms. The first kappa shape index (κ1) is 14.9. The number of aryl methyl sites for hydroxylation is 1. The van der Waals surface area contributed by atoms with Gasteiger partial charge in [-0.05, 0) is 30.7 Å². The maximum absolute atomic E-state index is 10.9. The van der Waals surface area contributed by atoms with Gasteiger partial charge < -0.3 is 10.8 Å². The van der Waals surface area contributed by atoms with Crippen LogP contribution in [0, 0.1) is 0 Å². The fourth-order valence-electron chi connectivity index (χ4n) is 1.35. The third-order valence-corrected chi connectivity index (χ3v) is 4.03. The highest BCUT2D eigenvalue weighted by Gasteiger charge is 2.33. The molecule has 0 aliphatic heterocycles. The first-order chi connectivity index (χ1) is 8.38. The summed E-state index contributed by atoms with van der Waals surface area (Å²) in [7, 11) is 0. The Balaban J connectivity index is 2.63. The Kier molecular flexibility index (Phi) is 5.09. The van der Waals surface area contributed by atoms with Gasteiger partial charge in [0.2, 0.25) is 0 Å². The van der Waals surface area contributed by atoms with Crippen molar-refractivity contribution < 1.29 is 9.90 Å². The maximum atomic E-state index is 10.9. The average molecular weight is 273 g/mol. The number of aromatic nitrogens is 4. The van der Waals surface area contributed by atoms with Crippen molar-refractivity contribution in [2.45, 2.75) is 50.3 Å². The molecular weight excluding hydrogens is 254 g/mol. The second-order valence-electron chi connectivity index (χ2n) is 4.53. The zero-order valence-corrected chi connectivity index (χ0v) is 11.6.